The van der Waals surface area contributed by atoms with Crippen molar-refractivity contribution in [3.8, 4) is 0 Å². The van der Waals surface area contributed by atoms with Gasteiger partial charge in [-0.2, -0.15) is 4.31 Å². The minimum Gasteiger partial charge on any atom is -0.317 e. The van der Waals surface area contributed by atoms with E-state index in [0.717, 1.165) is 32.4 Å². The fourth-order valence-electron chi connectivity index (χ4n) is 3.22. The van der Waals surface area contributed by atoms with E-state index in [4.69, 9.17) is 0 Å². The predicted octanol–water partition coefficient (Wildman–Crippen LogP) is 2.01. The first-order chi connectivity index (χ1) is 9.52. The highest BCUT2D eigenvalue weighted by atomic mass is 35.5. The van der Waals surface area contributed by atoms with Crippen molar-refractivity contribution < 1.29 is 12.8 Å². The van der Waals surface area contributed by atoms with Gasteiger partial charge in [-0.05, 0) is 62.0 Å². The molecule has 0 aliphatic carbocycles. The molecule has 2 aliphatic heterocycles. The molecule has 2 aliphatic rings. The molecule has 0 aromatic heterocycles. The Bertz CT molecular complexity index is 585. The van der Waals surface area contributed by atoms with Crippen LogP contribution in [0.25, 0.3) is 0 Å². The van der Waals surface area contributed by atoms with E-state index in [1.54, 1.807) is 4.31 Å². The van der Waals surface area contributed by atoms with Gasteiger partial charge in [-0.25, -0.2) is 12.8 Å². The lowest BCUT2D eigenvalue weighted by atomic mass is 9.78. The monoisotopic (exact) mass is 334 g/mol. The van der Waals surface area contributed by atoms with Crippen LogP contribution in [0.5, 0.6) is 0 Å². The van der Waals surface area contributed by atoms with Gasteiger partial charge in [-0.3, -0.25) is 0 Å². The Morgan fingerprint density at radius 1 is 1.10 bits per heavy atom. The lowest BCUT2D eigenvalue weighted by molar-refractivity contribution is 0.218. The highest BCUT2D eigenvalue weighted by molar-refractivity contribution is 7.89. The van der Waals surface area contributed by atoms with Crippen LogP contribution in [0.4, 0.5) is 4.39 Å². The molecule has 0 atom stereocenters. The average Bonchev–Trinajstić information content (AvgIpc) is 2.85. The summed E-state index contributed by atoms with van der Waals surface area (Å²) in [5, 5.41) is 3.32. The van der Waals surface area contributed by atoms with E-state index in [0.29, 0.717) is 13.1 Å². The quantitative estimate of drug-likeness (QED) is 0.900. The third-order valence-corrected chi connectivity index (χ3v) is 6.38. The summed E-state index contributed by atoms with van der Waals surface area (Å²) in [6.45, 7) is 3.09. The van der Waals surface area contributed by atoms with Gasteiger partial charge in [0, 0.05) is 13.1 Å². The number of rotatable bonds is 2. The topological polar surface area (TPSA) is 49.4 Å². The van der Waals surface area contributed by atoms with Crippen molar-refractivity contribution in [1.82, 2.24) is 9.62 Å². The number of hydrogen-bond donors (Lipinski definition) is 1. The summed E-state index contributed by atoms with van der Waals surface area (Å²) >= 11 is 0. The Kier molecular flexibility index (Phi) is 4.92. The molecule has 118 valence electrons. The third kappa shape index (κ3) is 3.23. The first-order valence-electron chi connectivity index (χ1n) is 6.98. The van der Waals surface area contributed by atoms with Crippen molar-refractivity contribution in [3.63, 3.8) is 0 Å². The number of sulfonamides is 1. The molecule has 0 saturated carbocycles. The molecule has 1 N–H and O–H groups in total. The highest BCUT2D eigenvalue weighted by Crippen LogP contribution is 2.40. The number of nitrogens with one attached hydrogen (secondary N) is 1. The molecule has 0 unspecified atom stereocenters. The van der Waals surface area contributed by atoms with Gasteiger partial charge in [0.2, 0.25) is 10.0 Å². The van der Waals surface area contributed by atoms with Gasteiger partial charge in [0.1, 0.15) is 5.82 Å². The fraction of sp³-hybridized carbons (Fsp3) is 0.571. The van der Waals surface area contributed by atoms with Crippen molar-refractivity contribution in [2.45, 2.75) is 24.2 Å². The molecule has 4 nitrogen and oxygen atoms in total. The molecule has 2 fully saturated rings. The van der Waals surface area contributed by atoms with Crippen LogP contribution in [-0.4, -0.2) is 38.9 Å². The van der Waals surface area contributed by atoms with Crippen LogP contribution in [0, 0.1) is 11.2 Å². The molecular weight excluding hydrogens is 315 g/mol. The summed E-state index contributed by atoms with van der Waals surface area (Å²) in [6, 6.07) is 5.09. The number of hydrogen-bond acceptors (Lipinski definition) is 3. The first kappa shape index (κ1) is 16.7. The number of benzene rings is 1. The Morgan fingerprint density at radius 2 is 1.71 bits per heavy atom. The molecular formula is C14H20ClFN2O2S. The summed E-state index contributed by atoms with van der Waals surface area (Å²) in [4.78, 5) is 0.185. The summed E-state index contributed by atoms with van der Waals surface area (Å²) in [5.74, 6) is -0.416. The van der Waals surface area contributed by atoms with E-state index in [9.17, 15) is 12.8 Å². The molecule has 2 heterocycles. The molecule has 0 amide bonds. The van der Waals surface area contributed by atoms with Gasteiger partial charge in [-0.15, -0.1) is 12.4 Å². The van der Waals surface area contributed by atoms with Crippen molar-refractivity contribution >= 4 is 22.4 Å². The fourth-order valence-corrected chi connectivity index (χ4v) is 4.77. The van der Waals surface area contributed by atoms with Crippen LogP contribution in [0.3, 0.4) is 0 Å². The second-order valence-electron chi connectivity index (χ2n) is 5.79. The number of nitrogens with zero attached hydrogens (tertiary/aromatic N) is 1. The van der Waals surface area contributed by atoms with E-state index in [1.165, 1.54) is 24.3 Å². The zero-order valence-electron chi connectivity index (χ0n) is 11.7. The van der Waals surface area contributed by atoms with Gasteiger partial charge in [0.25, 0.3) is 0 Å². The van der Waals surface area contributed by atoms with E-state index in [-0.39, 0.29) is 22.7 Å². The maximum atomic E-state index is 12.9. The summed E-state index contributed by atoms with van der Waals surface area (Å²) < 4.78 is 39.6. The molecule has 1 aromatic rings. The zero-order valence-corrected chi connectivity index (χ0v) is 13.4. The lowest BCUT2D eigenvalue weighted by Crippen LogP contribution is -2.39. The summed E-state index contributed by atoms with van der Waals surface area (Å²) in [7, 11) is -3.48. The van der Waals surface area contributed by atoms with E-state index >= 15 is 0 Å². The van der Waals surface area contributed by atoms with Gasteiger partial charge in [0.05, 0.1) is 4.90 Å². The predicted molar refractivity (Wildman–Crippen MR) is 81.6 cm³/mol. The minimum absolute atomic E-state index is 0. The minimum atomic E-state index is -3.48. The first-order valence-corrected chi connectivity index (χ1v) is 8.42. The summed E-state index contributed by atoms with van der Waals surface area (Å²) in [6.07, 6.45) is 2.99. The number of piperidine rings is 1. The zero-order chi connectivity index (χ0) is 14.2. The maximum absolute atomic E-state index is 12.9. The van der Waals surface area contributed by atoms with Crippen LogP contribution in [-0.2, 0) is 10.0 Å². The van der Waals surface area contributed by atoms with Gasteiger partial charge < -0.3 is 5.32 Å². The lowest BCUT2D eigenvalue weighted by Gasteiger charge is -2.33. The molecule has 1 spiro atoms. The van der Waals surface area contributed by atoms with Gasteiger partial charge >= 0.3 is 0 Å². The molecule has 0 radical (unpaired) electrons. The second kappa shape index (κ2) is 6.20. The largest absolute Gasteiger partial charge is 0.317 e. The molecule has 0 bridgehead atoms. The Labute approximate surface area is 131 Å². The SMILES string of the molecule is Cl.O=S(=O)(c1ccc(F)cc1)N1CCC2(CCNCC2)C1. The Morgan fingerprint density at radius 3 is 2.33 bits per heavy atom. The van der Waals surface area contributed by atoms with Gasteiger partial charge in [0.15, 0.2) is 0 Å². The number of halogens is 2. The van der Waals surface area contributed by atoms with Gasteiger partial charge in [-0.1, -0.05) is 0 Å². The molecule has 3 rings (SSSR count). The normalized spacial score (nSPS) is 22.1. The van der Waals surface area contributed by atoms with E-state index < -0.39 is 15.8 Å². The van der Waals surface area contributed by atoms with Crippen LogP contribution < -0.4 is 5.32 Å². The Hall–Kier alpha value is -0.690. The Balaban J connectivity index is 0.00000161. The second-order valence-corrected chi connectivity index (χ2v) is 7.73. The molecule has 2 saturated heterocycles. The van der Waals surface area contributed by atoms with Crippen LogP contribution in [0.2, 0.25) is 0 Å². The van der Waals surface area contributed by atoms with Crippen LogP contribution in [0.1, 0.15) is 19.3 Å². The molecule has 21 heavy (non-hydrogen) atoms. The van der Waals surface area contributed by atoms with Crippen molar-refractivity contribution in [1.29, 1.82) is 0 Å². The average molecular weight is 335 g/mol. The molecule has 7 heteroatoms. The summed E-state index contributed by atoms with van der Waals surface area (Å²) in [5.41, 5.74) is 0.137. The maximum Gasteiger partial charge on any atom is 0.243 e. The van der Waals surface area contributed by atoms with E-state index in [1.807, 2.05) is 0 Å². The van der Waals surface area contributed by atoms with Crippen molar-refractivity contribution in [3.05, 3.63) is 30.1 Å². The van der Waals surface area contributed by atoms with Crippen molar-refractivity contribution in [2.75, 3.05) is 26.2 Å². The van der Waals surface area contributed by atoms with Crippen LogP contribution in [0.15, 0.2) is 29.2 Å². The third-order valence-electron chi connectivity index (χ3n) is 4.52. The van der Waals surface area contributed by atoms with E-state index in [2.05, 4.69) is 5.32 Å². The highest BCUT2D eigenvalue weighted by Gasteiger charge is 2.43. The molecule has 1 aromatic carbocycles. The van der Waals surface area contributed by atoms with Crippen molar-refractivity contribution in [2.24, 2.45) is 5.41 Å². The van der Waals surface area contributed by atoms with Crippen LogP contribution >= 0.6 is 12.4 Å². The standard InChI is InChI=1S/C14H19FN2O2S.ClH/c15-12-1-3-13(4-2-12)20(18,19)17-10-7-14(11-17)5-8-16-9-6-14;/h1-4,16H,5-11H2;1H. The smallest absolute Gasteiger partial charge is 0.243 e.